The number of rotatable bonds is 11. The lowest BCUT2D eigenvalue weighted by atomic mass is 10.1. The average Bonchev–Trinajstić information content (AvgIpc) is 2.31. The zero-order chi connectivity index (χ0) is 12.3. The number of alkyl halides is 1. The average molecular weight is 340 g/mol. The summed E-state index contributed by atoms with van der Waals surface area (Å²) in [4.78, 5) is 0. The van der Waals surface area contributed by atoms with E-state index in [1.54, 1.807) is 0 Å². The summed E-state index contributed by atoms with van der Waals surface area (Å²) in [5, 5.41) is 0. The van der Waals surface area contributed by atoms with Crippen molar-refractivity contribution in [3.8, 4) is 0 Å². The number of halogens is 1. The second kappa shape index (κ2) is 10.8. The molecule has 0 saturated carbocycles. The molecule has 0 saturated heterocycles. The fraction of sp³-hybridized carbons (Fsp3) is 1.00. The highest BCUT2D eigenvalue weighted by molar-refractivity contribution is 14.1. The highest BCUT2D eigenvalue weighted by Crippen LogP contribution is 2.13. The summed E-state index contributed by atoms with van der Waals surface area (Å²) in [5.41, 5.74) is 0. The third kappa shape index (κ3) is 8.80. The molecule has 98 valence electrons. The molecule has 0 fully saturated rings. The van der Waals surface area contributed by atoms with Gasteiger partial charge in [0.2, 0.25) is 0 Å². The van der Waals surface area contributed by atoms with Crippen molar-refractivity contribution in [1.29, 1.82) is 0 Å². The van der Waals surface area contributed by atoms with Crippen molar-refractivity contribution < 1.29 is 4.48 Å². The molecule has 0 N–H and O–H groups in total. The Morgan fingerprint density at radius 1 is 0.750 bits per heavy atom. The summed E-state index contributed by atoms with van der Waals surface area (Å²) >= 11 is 2.56. The van der Waals surface area contributed by atoms with Gasteiger partial charge >= 0.3 is 0 Å². The Hall–Kier alpha value is 0.690. The Kier molecular flexibility index (Phi) is 11.3. The van der Waals surface area contributed by atoms with E-state index in [0.29, 0.717) is 0 Å². The molecule has 0 aliphatic carbocycles. The SMILES string of the molecule is CCCCCC[N+](C)(CI)CCCCCC. The summed E-state index contributed by atoms with van der Waals surface area (Å²) in [5.74, 6) is 0. The summed E-state index contributed by atoms with van der Waals surface area (Å²) in [6.07, 6.45) is 11.2. The van der Waals surface area contributed by atoms with Crippen molar-refractivity contribution in [2.24, 2.45) is 0 Å². The number of unbranched alkanes of at least 4 members (excludes halogenated alkanes) is 6. The molecule has 0 unspecified atom stereocenters. The number of quaternary nitrogens is 1. The van der Waals surface area contributed by atoms with Gasteiger partial charge in [0, 0.05) is 0 Å². The van der Waals surface area contributed by atoms with Crippen LogP contribution in [0.4, 0.5) is 0 Å². The van der Waals surface area contributed by atoms with Crippen LogP contribution in [0.25, 0.3) is 0 Å². The molecule has 0 amide bonds. The van der Waals surface area contributed by atoms with Crippen molar-refractivity contribution in [2.45, 2.75) is 65.2 Å². The van der Waals surface area contributed by atoms with E-state index in [1.165, 1.54) is 73.5 Å². The van der Waals surface area contributed by atoms with Gasteiger partial charge in [-0.2, -0.15) is 0 Å². The van der Waals surface area contributed by atoms with Crippen LogP contribution in [0.5, 0.6) is 0 Å². The summed E-state index contributed by atoms with van der Waals surface area (Å²) < 4.78 is 2.56. The maximum absolute atomic E-state index is 2.56. The minimum Gasteiger partial charge on any atom is -0.318 e. The van der Waals surface area contributed by atoms with Gasteiger partial charge in [0.15, 0.2) is 0 Å². The minimum atomic E-state index is 1.27. The van der Waals surface area contributed by atoms with Gasteiger partial charge in [-0.1, -0.05) is 39.5 Å². The standard InChI is InChI=1S/C14H31IN/c1-4-6-8-10-12-16(3,14-15)13-11-9-7-5-2/h4-14H2,1-3H3/q+1. The van der Waals surface area contributed by atoms with Crippen molar-refractivity contribution in [3.63, 3.8) is 0 Å². The van der Waals surface area contributed by atoms with E-state index in [1.807, 2.05) is 0 Å². The topological polar surface area (TPSA) is 0 Å². The molecule has 0 aromatic carbocycles. The maximum atomic E-state index is 2.56. The smallest absolute Gasteiger partial charge is 0.129 e. The Bertz CT molecular complexity index is 136. The van der Waals surface area contributed by atoms with E-state index < -0.39 is 0 Å². The molecule has 0 atom stereocenters. The largest absolute Gasteiger partial charge is 0.318 e. The van der Waals surface area contributed by atoms with Gasteiger partial charge in [-0.15, -0.1) is 0 Å². The van der Waals surface area contributed by atoms with Crippen LogP contribution >= 0.6 is 22.6 Å². The normalized spacial score (nSPS) is 12.0. The molecule has 0 spiro atoms. The van der Waals surface area contributed by atoms with Crippen LogP contribution in [-0.2, 0) is 0 Å². The summed E-state index contributed by atoms with van der Waals surface area (Å²) in [6.45, 7) is 7.35. The third-order valence-electron chi connectivity index (χ3n) is 3.39. The molecular weight excluding hydrogens is 309 g/mol. The predicted octanol–water partition coefficient (Wildman–Crippen LogP) is 4.99. The Balaban J connectivity index is 3.64. The quantitative estimate of drug-likeness (QED) is 0.163. The monoisotopic (exact) mass is 340 g/mol. The molecule has 0 radical (unpaired) electrons. The van der Waals surface area contributed by atoms with Crippen LogP contribution in [0.3, 0.4) is 0 Å². The highest BCUT2D eigenvalue weighted by atomic mass is 127. The van der Waals surface area contributed by atoms with Crippen molar-refractivity contribution in [1.82, 2.24) is 0 Å². The number of hydrogen-bond acceptors (Lipinski definition) is 0. The maximum Gasteiger partial charge on any atom is 0.129 e. The van der Waals surface area contributed by atoms with E-state index >= 15 is 0 Å². The summed E-state index contributed by atoms with van der Waals surface area (Å²) in [6, 6.07) is 0. The van der Waals surface area contributed by atoms with Gasteiger partial charge in [-0.05, 0) is 48.3 Å². The van der Waals surface area contributed by atoms with E-state index in [4.69, 9.17) is 0 Å². The van der Waals surface area contributed by atoms with E-state index in [0.717, 1.165) is 0 Å². The van der Waals surface area contributed by atoms with Gasteiger partial charge in [0.05, 0.1) is 20.1 Å². The first-order chi connectivity index (χ1) is 7.68. The van der Waals surface area contributed by atoms with Gasteiger partial charge in [0.25, 0.3) is 0 Å². The van der Waals surface area contributed by atoms with Crippen LogP contribution in [0.2, 0.25) is 0 Å². The van der Waals surface area contributed by atoms with Crippen molar-refractivity contribution in [2.75, 3.05) is 24.7 Å². The molecule has 0 aliphatic rings. The molecule has 0 aromatic rings. The Morgan fingerprint density at radius 2 is 1.19 bits per heavy atom. The first kappa shape index (κ1) is 16.7. The zero-order valence-corrected chi connectivity index (χ0v) is 13.8. The van der Waals surface area contributed by atoms with E-state index in [-0.39, 0.29) is 0 Å². The van der Waals surface area contributed by atoms with Crippen molar-refractivity contribution in [3.05, 3.63) is 0 Å². The molecule has 2 heteroatoms. The molecular formula is C14H31IN+. The molecule has 0 aromatic heterocycles. The minimum absolute atomic E-state index is 1.27. The third-order valence-corrected chi connectivity index (χ3v) is 5.04. The first-order valence-corrected chi connectivity index (χ1v) is 8.60. The van der Waals surface area contributed by atoms with Gasteiger partial charge in [0.1, 0.15) is 4.55 Å². The molecule has 0 aliphatic heterocycles. The lowest BCUT2D eigenvalue weighted by molar-refractivity contribution is -0.894. The first-order valence-electron chi connectivity index (χ1n) is 7.08. The van der Waals surface area contributed by atoms with Gasteiger partial charge in [-0.3, -0.25) is 0 Å². The number of nitrogens with zero attached hydrogens (tertiary/aromatic N) is 1. The molecule has 1 nitrogen and oxygen atoms in total. The highest BCUT2D eigenvalue weighted by Gasteiger charge is 2.18. The second-order valence-corrected chi connectivity index (χ2v) is 5.99. The van der Waals surface area contributed by atoms with E-state index in [2.05, 4.69) is 43.5 Å². The fourth-order valence-corrected chi connectivity index (χ4v) is 2.75. The summed E-state index contributed by atoms with van der Waals surface area (Å²) in [7, 11) is 2.43. The van der Waals surface area contributed by atoms with Crippen molar-refractivity contribution >= 4 is 22.6 Å². The molecule has 0 bridgehead atoms. The van der Waals surface area contributed by atoms with Crippen LogP contribution in [0, 0.1) is 0 Å². The number of hydrogen-bond donors (Lipinski definition) is 0. The predicted molar refractivity (Wildman–Crippen MR) is 83.1 cm³/mol. The molecule has 16 heavy (non-hydrogen) atoms. The second-order valence-electron chi connectivity index (χ2n) is 5.31. The van der Waals surface area contributed by atoms with Gasteiger partial charge in [-0.25, -0.2) is 0 Å². The van der Waals surface area contributed by atoms with Crippen LogP contribution in [0.15, 0.2) is 0 Å². The zero-order valence-electron chi connectivity index (χ0n) is 11.6. The lowest BCUT2D eigenvalue weighted by Crippen LogP contribution is -2.44. The fourth-order valence-electron chi connectivity index (χ4n) is 2.07. The van der Waals surface area contributed by atoms with Gasteiger partial charge < -0.3 is 4.48 Å². The molecule has 0 heterocycles. The van der Waals surface area contributed by atoms with E-state index in [9.17, 15) is 0 Å². The lowest BCUT2D eigenvalue weighted by Gasteiger charge is -2.32. The van der Waals surface area contributed by atoms with Crippen LogP contribution in [0.1, 0.15) is 65.2 Å². The van der Waals surface area contributed by atoms with Crippen LogP contribution in [-0.4, -0.2) is 29.2 Å². The molecule has 0 rings (SSSR count). The Labute approximate surface area is 117 Å². The van der Waals surface area contributed by atoms with Crippen LogP contribution < -0.4 is 0 Å². The Morgan fingerprint density at radius 3 is 1.50 bits per heavy atom.